The minimum Gasteiger partial charge on any atom is -0.468 e. The van der Waals surface area contributed by atoms with Crippen LogP contribution in [0, 0.1) is 5.92 Å². The van der Waals surface area contributed by atoms with E-state index in [-0.39, 0.29) is 16.6 Å². The molecule has 19 heavy (non-hydrogen) atoms. The maximum Gasteiger partial charge on any atom is 0.324 e. The van der Waals surface area contributed by atoms with Crippen molar-refractivity contribution in [3.8, 4) is 0 Å². The number of aromatic nitrogens is 2. The number of nitrogen functional groups attached to an aromatic ring is 1. The SMILES string of the molecule is COC(=O)C(NS(=O)(=O)c1cn(C)nc1N)C(C)C. The highest BCUT2D eigenvalue weighted by molar-refractivity contribution is 7.89. The van der Waals surface area contributed by atoms with Crippen molar-refractivity contribution in [2.24, 2.45) is 13.0 Å². The first kappa shape index (κ1) is 15.4. The first-order valence-electron chi connectivity index (χ1n) is 5.58. The number of esters is 1. The third kappa shape index (κ3) is 3.44. The Kier molecular flexibility index (Phi) is 4.53. The van der Waals surface area contributed by atoms with Crippen LogP contribution in [0.5, 0.6) is 0 Å². The zero-order valence-electron chi connectivity index (χ0n) is 11.2. The van der Waals surface area contributed by atoms with Crippen LogP contribution < -0.4 is 10.5 Å². The van der Waals surface area contributed by atoms with Gasteiger partial charge < -0.3 is 10.5 Å². The molecule has 0 aliphatic rings. The Morgan fingerprint density at radius 2 is 2.11 bits per heavy atom. The largest absolute Gasteiger partial charge is 0.468 e. The van der Waals surface area contributed by atoms with Crippen LogP contribution in [0.25, 0.3) is 0 Å². The first-order chi connectivity index (χ1) is 8.69. The fraction of sp³-hybridized carbons (Fsp3) is 0.600. The lowest BCUT2D eigenvalue weighted by Gasteiger charge is -2.19. The summed E-state index contributed by atoms with van der Waals surface area (Å²) in [6.45, 7) is 3.41. The number of anilines is 1. The molecule has 0 aliphatic carbocycles. The van der Waals surface area contributed by atoms with Gasteiger partial charge in [-0.05, 0) is 5.92 Å². The predicted octanol–water partition coefficient (Wildman–Crippen LogP) is -0.522. The molecule has 1 aromatic heterocycles. The average molecular weight is 290 g/mol. The van der Waals surface area contributed by atoms with Crippen molar-refractivity contribution in [1.82, 2.24) is 14.5 Å². The van der Waals surface area contributed by atoms with E-state index >= 15 is 0 Å². The van der Waals surface area contributed by atoms with E-state index in [1.807, 2.05) is 0 Å². The van der Waals surface area contributed by atoms with Crippen LogP contribution in [0.2, 0.25) is 0 Å². The van der Waals surface area contributed by atoms with Gasteiger partial charge >= 0.3 is 5.97 Å². The number of hydrogen-bond donors (Lipinski definition) is 2. The van der Waals surface area contributed by atoms with Gasteiger partial charge in [-0.25, -0.2) is 8.42 Å². The summed E-state index contributed by atoms with van der Waals surface area (Å²) < 4.78 is 32.4. The molecular weight excluding hydrogens is 272 g/mol. The van der Waals surface area contributed by atoms with E-state index in [4.69, 9.17) is 5.73 Å². The summed E-state index contributed by atoms with van der Waals surface area (Å²) in [6, 6.07) is -0.977. The minimum atomic E-state index is -3.93. The molecule has 3 N–H and O–H groups in total. The summed E-state index contributed by atoms with van der Waals surface area (Å²) >= 11 is 0. The van der Waals surface area contributed by atoms with E-state index in [2.05, 4.69) is 14.6 Å². The maximum atomic E-state index is 12.1. The Balaban J connectivity index is 3.08. The van der Waals surface area contributed by atoms with E-state index in [9.17, 15) is 13.2 Å². The topological polar surface area (TPSA) is 116 Å². The molecule has 1 aromatic rings. The number of rotatable bonds is 5. The smallest absolute Gasteiger partial charge is 0.324 e. The molecule has 9 heteroatoms. The number of hydrogen-bond acceptors (Lipinski definition) is 6. The van der Waals surface area contributed by atoms with Crippen molar-refractivity contribution < 1.29 is 17.9 Å². The lowest BCUT2D eigenvalue weighted by Crippen LogP contribution is -2.44. The molecule has 0 fully saturated rings. The van der Waals surface area contributed by atoms with E-state index < -0.39 is 22.0 Å². The summed E-state index contributed by atoms with van der Waals surface area (Å²) in [5, 5.41) is 3.75. The van der Waals surface area contributed by atoms with Crippen molar-refractivity contribution in [2.45, 2.75) is 24.8 Å². The predicted molar refractivity (Wildman–Crippen MR) is 68.6 cm³/mol. The zero-order chi connectivity index (χ0) is 14.8. The van der Waals surface area contributed by atoms with Gasteiger partial charge in [0.05, 0.1) is 7.11 Å². The number of methoxy groups -OCH3 is 1. The van der Waals surface area contributed by atoms with Gasteiger partial charge in [-0.1, -0.05) is 13.8 Å². The van der Waals surface area contributed by atoms with E-state index in [1.54, 1.807) is 20.9 Å². The highest BCUT2D eigenvalue weighted by Crippen LogP contribution is 2.17. The van der Waals surface area contributed by atoms with Gasteiger partial charge in [0.25, 0.3) is 0 Å². The van der Waals surface area contributed by atoms with E-state index in [1.165, 1.54) is 18.0 Å². The quantitative estimate of drug-likeness (QED) is 0.705. The summed E-state index contributed by atoms with van der Waals surface area (Å²) in [6.07, 6.45) is 1.27. The fourth-order valence-electron chi connectivity index (χ4n) is 1.50. The molecule has 0 amide bonds. The first-order valence-corrected chi connectivity index (χ1v) is 7.06. The van der Waals surface area contributed by atoms with E-state index in [0.717, 1.165) is 0 Å². The molecule has 1 unspecified atom stereocenters. The molecule has 0 spiro atoms. The van der Waals surface area contributed by atoms with Crippen molar-refractivity contribution in [1.29, 1.82) is 0 Å². The van der Waals surface area contributed by atoms with Gasteiger partial charge in [0.2, 0.25) is 10.0 Å². The highest BCUT2D eigenvalue weighted by Gasteiger charge is 2.31. The molecule has 8 nitrogen and oxygen atoms in total. The van der Waals surface area contributed by atoms with Gasteiger partial charge in [-0.3, -0.25) is 9.48 Å². The van der Waals surface area contributed by atoms with Crippen LogP contribution in [0.4, 0.5) is 5.82 Å². The Morgan fingerprint density at radius 3 is 2.47 bits per heavy atom. The number of ether oxygens (including phenoxy) is 1. The number of carbonyl (C=O) groups is 1. The Labute approximate surface area is 112 Å². The average Bonchev–Trinajstić information content (AvgIpc) is 2.65. The molecule has 0 aliphatic heterocycles. The van der Waals surface area contributed by atoms with Crippen molar-refractivity contribution in [3.63, 3.8) is 0 Å². The molecule has 0 saturated carbocycles. The third-order valence-electron chi connectivity index (χ3n) is 2.52. The normalized spacial score (nSPS) is 13.5. The van der Waals surface area contributed by atoms with E-state index in [0.29, 0.717) is 0 Å². The van der Waals surface area contributed by atoms with Crippen LogP contribution in [0.15, 0.2) is 11.1 Å². The number of carbonyl (C=O) groups excluding carboxylic acids is 1. The monoisotopic (exact) mass is 290 g/mol. The molecule has 0 aromatic carbocycles. The lowest BCUT2D eigenvalue weighted by molar-refractivity contribution is -0.143. The molecule has 0 radical (unpaired) electrons. The molecule has 108 valence electrons. The standard InChI is InChI=1S/C10H18N4O4S/c1-6(2)8(10(15)18-4)13-19(16,17)7-5-14(3)12-9(7)11/h5-6,8,13H,1-4H3,(H2,11,12). The Morgan fingerprint density at radius 1 is 1.53 bits per heavy atom. The van der Waals surface area contributed by atoms with Gasteiger partial charge in [0, 0.05) is 13.2 Å². The number of sulfonamides is 1. The lowest BCUT2D eigenvalue weighted by atomic mass is 10.1. The van der Waals surface area contributed by atoms with Crippen molar-refractivity contribution >= 4 is 21.8 Å². The number of nitrogens with two attached hydrogens (primary N) is 1. The molecule has 1 heterocycles. The van der Waals surface area contributed by atoms with Gasteiger partial charge in [0.1, 0.15) is 10.9 Å². The second-order valence-electron chi connectivity index (χ2n) is 4.42. The van der Waals surface area contributed by atoms with Crippen LogP contribution in [-0.2, 0) is 26.6 Å². The molecule has 1 atom stereocenters. The fourth-order valence-corrected chi connectivity index (χ4v) is 2.94. The molecule has 0 saturated heterocycles. The molecule has 0 bridgehead atoms. The summed E-state index contributed by atoms with van der Waals surface area (Å²) in [5.41, 5.74) is 5.52. The number of nitrogens with zero attached hydrogens (tertiary/aromatic N) is 2. The van der Waals surface area contributed by atoms with Crippen LogP contribution in [0.1, 0.15) is 13.8 Å². The summed E-state index contributed by atoms with van der Waals surface area (Å²) in [7, 11) is -1.18. The molecule has 1 rings (SSSR count). The minimum absolute atomic E-state index is 0.123. The van der Waals surface area contributed by atoms with Crippen LogP contribution in [0.3, 0.4) is 0 Å². The van der Waals surface area contributed by atoms with Crippen molar-refractivity contribution in [3.05, 3.63) is 6.20 Å². The Bertz CT molecular complexity index is 564. The number of nitrogens with one attached hydrogen (secondary N) is 1. The maximum absolute atomic E-state index is 12.1. The summed E-state index contributed by atoms with van der Waals surface area (Å²) in [5.74, 6) is -1.04. The Hall–Kier alpha value is -1.61. The third-order valence-corrected chi connectivity index (χ3v) is 3.97. The second-order valence-corrected chi connectivity index (χ2v) is 6.10. The van der Waals surface area contributed by atoms with Crippen LogP contribution in [-0.4, -0.2) is 37.3 Å². The number of aryl methyl sites for hydroxylation is 1. The zero-order valence-corrected chi connectivity index (χ0v) is 12.1. The molecular formula is C10H18N4O4S. The summed E-state index contributed by atoms with van der Waals surface area (Å²) in [4.78, 5) is 11.4. The second kappa shape index (κ2) is 5.57. The van der Waals surface area contributed by atoms with Gasteiger partial charge in [-0.2, -0.15) is 9.82 Å². The van der Waals surface area contributed by atoms with Crippen LogP contribution >= 0.6 is 0 Å². The van der Waals surface area contributed by atoms with Gasteiger partial charge in [-0.15, -0.1) is 0 Å². The van der Waals surface area contributed by atoms with Crippen molar-refractivity contribution in [2.75, 3.05) is 12.8 Å². The highest BCUT2D eigenvalue weighted by atomic mass is 32.2. The van der Waals surface area contributed by atoms with Gasteiger partial charge in [0.15, 0.2) is 5.82 Å².